The smallest absolute Gasteiger partial charge is 0.338 e. The van der Waals surface area contributed by atoms with E-state index in [-0.39, 0.29) is 18.9 Å². The molecule has 6 heteroatoms. The van der Waals surface area contributed by atoms with Crippen LogP contribution in [0, 0.1) is 0 Å². The van der Waals surface area contributed by atoms with Gasteiger partial charge in [-0.1, -0.05) is 24.3 Å². The Balaban J connectivity index is 1.55. The summed E-state index contributed by atoms with van der Waals surface area (Å²) in [6, 6.07) is 14.1. The molecule has 0 saturated heterocycles. The van der Waals surface area contributed by atoms with Crippen LogP contribution in [0.15, 0.2) is 53.3 Å². The molecule has 0 spiro atoms. The molecular weight excluding hydrogens is 308 g/mol. The molecule has 3 aromatic rings. The van der Waals surface area contributed by atoms with Gasteiger partial charge in [0.2, 0.25) is 0 Å². The molecule has 0 aliphatic heterocycles. The van der Waals surface area contributed by atoms with Gasteiger partial charge in [-0.2, -0.15) is 0 Å². The van der Waals surface area contributed by atoms with Crippen molar-refractivity contribution >= 4 is 17.0 Å². The van der Waals surface area contributed by atoms with Gasteiger partial charge in [0.05, 0.1) is 29.8 Å². The molecule has 0 amide bonds. The first-order valence-electron chi connectivity index (χ1n) is 7.73. The standard InChI is InChI=1S/C18H18N2O4/c21-12-13-6-8-14(9-7-13)17(22)24-11-3-10-20-16-5-2-1-4-15(16)19-18(20)23/h1-2,4-9,21H,3,10-12H2,(H,19,23). The lowest BCUT2D eigenvalue weighted by molar-refractivity contribution is 0.0496. The first-order chi connectivity index (χ1) is 11.7. The summed E-state index contributed by atoms with van der Waals surface area (Å²) in [6.45, 7) is 0.640. The fraction of sp³-hybridized carbons (Fsp3) is 0.222. The third kappa shape index (κ3) is 3.38. The number of carbonyl (C=O) groups excluding carboxylic acids is 1. The van der Waals surface area contributed by atoms with Crippen LogP contribution in [-0.4, -0.2) is 27.2 Å². The number of hydrogen-bond donors (Lipinski definition) is 2. The Morgan fingerprint density at radius 3 is 2.62 bits per heavy atom. The number of aromatic amines is 1. The molecule has 3 rings (SSSR count). The third-order valence-corrected chi connectivity index (χ3v) is 3.81. The number of carbonyl (C=O) groups is 1. The number of nitrogens with zero attached hydrogens (tertiary/aromatic N) is 1. The maximum atomic E-state index is 11.9. The Morgan fingerprint density at radius 2 is 1.88 bits per heavy atom. The van der Waals surface area contributed by atoms with Crippen molar-refractivity contribution in [2.24, 2.45) is 0 Å². The molecule has 0 aliphatic rings. The van der Waals surface area contributed by atoms with Crippen molar-refractivity contribution in [2.75, 3.05) is 6.61 Å². The number of ether oxygens (including phenoxy) is 1. The summed E-state index contributed by atoms with van der Waals surface area (Å²) >= 11 is 0. The van der Waals surface area contributed by atoms with Crippen molar-refractivity contribution in [2.45, 2.75) is 19.6 Å². The van der Waals surface area contributed by atoms with E-state index in [1.807, 2.05) is 24.3 Å². The first kappa shape index (κ1) is 16.0. The molecular formula is C18H18N2O4. The van der Waals surface area contributed by atoms with Gasteiger partial charge in [-0.3, -0.25) is 4.57 Å². The molecule has 0 unspecified atom stereocenters. The van der Waals surface area contributed by atoms with Crippen molar-refractivity contribution in [3.8, 4) is 0 Å². The molecule has 0 atom stereocenters. The number of para-hydroxylation sites is 2. The number of aryl methyl sites for hydroxylation is 1. The fourth-order valence-electron chi connectivity index (χ4n) is 2.55. The number of aliphatic hydroxyl groups excluding tert-OH is 1. The van der Waals surface area contributed by atoms with Crippen LogP contribution in [-0.2, 0) is 17.9 Å². The summed E-state index contributed by atoms with van der Waals surface area (Å²) in [7, 11) is 0. The van der Waals surface area contributed by atoms with Gasteiger partial charge in [-0.25, -0.2) is 9.59 Å². The zero-order chi connectivity index (χ0) is 16.9. The minimum Gasteiger partial charge on any atom is -0.462 e. The summed E-state index contributed by atoms with van der Waals surface area (Å²) in [5.74, 6) is -0.411. The van der Waals surface area contributed by atoms with Gasteiger partial charge in [0.15, 0.2) is 0 Å². The zero-order valence-electron chi connectivity index (χ0n) is 13.1. The number of rotatable bonds is 6. The molecule has 0 radical (unpaired) electrons. The van der Waals surface area contributed by atoms with Gasteiger partial charge in [0.1, 0.15) is 0 Å². The molecule has 24 heavy (non-hydrogen) atoms. The van der Waals surface area contributed by atoms with Crippen molar-refractivity contribution in [1.29, 1.82) is 0 Å². The monoisotopic (exact) mass is 326 g/mol. The minimum atomic E-state index is -0.411. The van der Waals surface area contributed by atoms with E-state index in [0.717, 1.165) is 16.6 Å². The van der Waals surface area contributed by atoms with Crippen LogP contribution in [0.25, 0.3) is 11.0 Å². The second-order valence-electron chi connectivity index (χ2n) is 5.44. The average Bonchev–Trinajstić information content (AvgIpc) is 2.94. The molecule has 0 saturated carbocycles. The van der Waals surface area contributed by atoms with E-state index in [9.17, 15) is 9.59 Å². The van der Waals surface area contributed by atoms with Crippen molar-refractivity contribution < 1.29 is 14.6 Å². The Hall–Kier alpha value is -2.86. The zero-order valence-corrected chi connectivity index (χ0v) is 13.1. The van der Waals surface area contributed by atoms with E-state index in [1.54, 1.807) is 28.8 Å². The van der Waals surface area contributed by atoms with Crippen molar-refractivity contribution in [3.05, 3.63) is 70.1 Å². The molecule has 124 valence electrons. The van der Waals surface area contributed by atoms with Gasteiger partial charge in [-0.05, 0) is 36.2 Å². The number of hydrogen-bond acceptors (Lipinski definition) is 4. The predicted molar refractivity (Wildman–Crippen MR) is 89.8 cm³/mol. The molecule has 1 aromatic heterocycles. The second-order valence-corrected chi connectivity index (χ2v) is 5.44. The van der Waals surface area contributed by atoms with E-state index in [1.165, 1.54) is 0 Å². The van der Waals surface area contributed by atoms with E-state index < -0.39 is 5.97 Å². The molecule has 2 N–H and O–H groups in total. The SMILES string of the molecule is O=C(OCCCn1c(=O)[nH]c2ccccc21)c1ccc(CO)cc1. The number of nitrogens with one attached hydrogen (secondary N) is 1. The molecule has 0 aliphatic carbocycles. The van der Waals surface area contributed by atoms with Gasteiger partial charge >= 0.3 is 11.7 Å². The van der Waals surface area contributed by atoms with Crippen molar-refractivity contribution in [3.63, 3.8) is 0 Å². The topological polar surface area (TPSA) is 84.3 Å². The fourth-order valence-corrected chi connectivity index (χ4v) is 2.55. The average molecular weight is 326 g/mol. The number of imidazole rings is 1. The van der Waals surface area contributed by atoms with E-state index in [2.05, 4.69) is 4.98 Å². The lowest BCUT2D eigenvalue weighted by atomic mass is 10.1. The largest absolute Gasteiger partial charge is 0.462 e. The summed E-state index contributed by atoms with van der Waals surface area (Å²) in [6.07, 6.45) is 0.544. The first-order valence-corrected chi connectivity index (χ1v) is 7.73. The second kappa shape index (κ2) is 7.14. The Kier molecular flexibility index (Phi) is 4.77. The summed E-state index contributed by atoms with van der Waals surface area (Å²) in [4.78, 5) is 26.6. The van der Waals surface area contributed by atoms with Crippen LogP contribution in [0.3, 0.4) is 0 Å². The maximum Gasteiger partial charge on any atom is 0.338 e. The number of fused-ring (bicyclic) bond motifs is 1. The molecule has 2 aromatic carbocycles. The van der Waals surface area contributed by atoms with Crippen LogP contribution >= 0.6 is 0 Å². The highest BCUT2D eigenvalue weighted by atomic mass is 16.5. The quantitative estimate of drug-likeness (QED) is 0.536. The lowest BCUT2D eigenvalue weighted by Gasteiger charge is -2.06. The van der Waals surface area contributed by atoms with Gasteiger partial charge in [-0.15, -0.1) is 0 Å². The predicted octanol–water partition coefficient (Wildman–Crippen LogP) is 2.07. The number of benzene rings is 2. The van der Waals surface area contributed by atoms with Gasteiger partial charge in [0, 0.05) is 6.54 Å². The van der Waals surface area contributed by atoms with Gasteiger partial charge < -0.3 is 14.8 Å². The summed E-state index contributed by atoms with van der Waals surface area (Å²) < 4.78 is 6.86. The molecule has 1 heterocycles. The van der Waals surface area contributed by atoms with Crippen LogP contribution in [0.1, 0.15) is 22.3 Å². The summed E-state index contributed by atoms with van der Waals surface area (Å²) in [5, 5.41) is 8.98. The minimum absolute atomic E-state index is 0.0608. The number of aliphatic hydroxyl groups is 1. The van der Waals surface area contributed by atoms with E-state index in [0.29, 0.717) is 18.5 Å². The molecule has 6 nitrogen and oxygen atoms in total. The summed E-state index contributed by atoms with van der Waals surface area (Å²) in [5.41, 5.74) is 2.65. The highest BCUT2D eigenvalue weighted by Gasteiger charge is 2.08. The Bertz CT molecular complexity index is 893. The van der Waals surface area contributed by atoms with Crippen molar-refractivity contribution in [1.82, 2.24) is 9.55 Å². The van der Waals surface area contributed by atoms with Crippen LogP contribution < -0.4 is 5.69 Å². The number of aromatic nitrogens is 2. The maximum absolute atomic E-state index is 11.9. The number of esters is 1. The van der Waals surface area contributed by atoms with E-state index >= 15 is 0 Å². The number of H-pyrrole nitrogens is 1. The van der Waals surface area contributed by atoms with Crippen LogP contribution in [0.4, 0.5) is 0 Å². The normalized spacial score (nSPS) is 10.9. The highest BCUT2D eigenvalue weighted by Crippen LogP contribution is 2.10. The lowest BCUT2D eigenvalue weighted by Crippen LogP contribution is -2.18. The highest BCUT2D eigenvalue weighted by molar-refractivity contribution is 5.89. The Labute approximate surface area is 138 Å². The van der Waals surface area contributed by atoms with E-state index in [4.69, 9.17) is 9.84 Å². The molecule has 0 fully saturated rings. The molecule has 0 bridgehead atoms. The Morgan fingerprint density at radius 1 is 1.12 bits per heavy atom. The van der Waals surface area contributed by atoms with Gasteiger partial charge in [0.25, 0.3) is 0 Å². The van der Waals surface area contributed by atoms with Crippen LogP contribution in [0.5, 0.6) is 0 Å². The third-order valence-electron chi connectivity index (χ3n) is 3.81. The van der Waals surface area contributed by atoms with Crippen LogP contribution in [0.2, 0.25) is 0 Å².